The summed E-state index contributed by atoms with van der Waals surface area (Å²) in [6, 6.07) is 7.30. The van der Waals surface area contributed by atoms with Crippen LogP contribution < -0.4 is 10.6 Å². The van der Waals surface area contributed by atoms with Crippen LogP contribution in [0.2, 0.25) is 0 Å². The van der Waals surface area contributed by atoms with E-state index in [9.17, 15) is 4.79 Å². The Labute approximate surface area is 108 Å². The number of halogens is 1. The maximum absolute atomic E-state index is 11.7. The number of hydrogen-bond acceptors (Lipinski definition) is 3. The zero-order valence-electron chi connectivity index (χ0n) is 9.16. The van der Waals surface area contributed by atoms with E-state index in [1.807, 2.05) is 0 Å². The van der Waals surface area contributed by atoms with Crippen LogP contribution in [-0.2, 0) is 4.79 Å². The fourth-order valence-electron chi connectivity index (χ4n) is 1.67. The average molecular weight is 294 g/mol. The lowest BCUT2D eigenvalue weighted by Crippen LogP contribution is -2.43. The van der Waals surface area contributed by atoms with Crippen LogP contribution in [0.1, 0.15) is 12.0 Å². The predicted octanol–water partition coefficient (Wildman–Crippen LogP) is 1.87. The van der Waals surface area contributed by atoms with Gasteiger partial charge in [0.15, 0.2) is 0 Å². The van der Waals surface area contributed by atoms with E-state index in [0.717, 1.165) is 17.6 Å². The molecule has 1 heterocycles. The third-order valence-electron chi connectivity index (χ3n) is 2.72. The number of nitrogens with one attached hydrogen (secondary N) is 2. The van der Waals surface area contributed by atoms with E-state index in [0.29, 0.717) is 23.6 Å². The van der Waals surface area contributed by atoms with E-state index in [4.69, 9.17) is 5.26 Å². The summed E-state index contributed by atoms with van der Waals surface area (Å²) in [4.78, 5) is 11.7. The fraction of sp³-hybridized carbons (Fsp3) is 0.333. The molecule has 1 saturated heterocycles. The summed E-state index contributed by atoms with van der Waals surface area (Å²) in [7, 11) is 0. The van der Waals surface area contributed by atoms with E-state index in [2.05, 4.69) is 32.6 Å². The molecule has 0 aliphatic carbocycles. The number of nitriles is 1. The van der Waals surface area contributed by atoms with E-state index in [1.165, 1.54) is 0 Å². The summed E-state index contributed by atoms with van der Waals surface area (Å²) in [5.74, 6) is 0.395. The van der Waals surface area contributed by atoms with E-state index in [1.54, 1.807) is 18.2 Å². The summed E-state index contributed by atoms with van der Waals surface area (Å²) in [5, 5.41) is 14.9. The second-order valence-electron chi connectivity index (χ2n) is 4.08. The summed E-state index contributed by atoms with van der Waals surface area (Å²) < 4.78 is 0.829. The molecule has 0 atom stereocenters. The van der Waals surface area contributed by atoms with Crippen molar-refractivity contribution in [2.75, 3.05) is 18.4 Å². The van der Waals surface area contributed by atoms with Gasteiger partial charge in [0.05, 0.1) is 11.3 Å². The first-order chi connectivity index (χ1) is 8.19. The molecule has 0 radical (unpaired) electrons. The molecule has 88 valence electrons. The second kappa shape index (κ2) is 5.30. The van der Waals surface area contributed by atoms with Gasteiger partial charge >= 0.3 is 0 Å². The summed E-state index contributed by atoms with van der Waals surface area (Å²) in [6.07, 6.45) is 0.508. The summed E-state index contributed by atoms with van der Waals surface area (Å²) in [5.41, 5.74) is 1.05. The van der Waals surface area contributed by atoms with Crippen molar-refractivity contribution in [3.8, 4) is 6.07 Å². The van der Waals surface area contributed by atoms with Gasteiger partial charge < -0.3 is 10.6 Å². The van der Waals surface area contributed by atoms with Gasteiger partial charge in [-0.25, -0.2) is 0 Å². The monoisotopic (exact) mass is 293 g/mol. The van der Waals surface area contributed by atoms with Crippen molar-refractivity contribution in [1.82, 2.24) is 5.32 Å². The number of carbonyl (C=O) groups is 1. The van der Waals surface area contributed by atoms with Gasteiger partial charge in [-0.3, -0.25) is 4.79 Å². The Kier molecular flexibility index (Phi) is 3.77. The first-order valence-corrected chi connectivity index (χ1v) is 6.18. The highest BCUT2D eigenvalue weighted by molar-refractivity contribution is 9.10. The molecule has 0 spiro atoms. The Hall–Kier alpha value is -1.38. The van der Waals surface area contributed by atoms with Crippen molar-refractivity contribution in [3.05, 3.63) is 28.2 Å². The van der Waals surface area contributed by atoms with Gasteiger partial charge in [-0.2, -0.15) is 5.26 Å². The van der Waals surface area contributed by atoms with E-state index in [-0.39, 0.29) is 5.91 Å². The van der Waals surface area contributed by atoms with Crippen LogP contribution in [0.3, 0.4) is 0 Å². The van der Waals surface area contributed by atoms with E-state index < -0.39 is 0 Å². The van der Waals surface area contributed by atoms with Crippen LogP contribution in [0.5, 0.6) is 0 Å². The molecular formula is C12H12BrN3O. The molecule has 0 bridgehead atoms. The standard InChI is InChI=1S/C12H12BrN3O/c13-10-1-2-11(9(4-10)5-14)16-12(17)3-8-6-15-7-8/h1-2,4,8,15H,3,6-7H2,(H,16,17). The Balaban J connectivity index is 2.02. The van der Waals surface area contributed by atoms with Gasteiger partial charge in [0, 0.05) is 10.9 Å². The maximum Gasteiger partial charge on any atom is 0.224 e. The second-order valence-corrected chi connectivity index (χ2v) is 4.99. The van der Waals surface area contributed by atoms with Crippen LogP contribution in [0.25, 0.3) is 0 Å². The first-order valence-electron chi connectivity index (χ1n) is 5.39. The highest BCUT2D eigenvalue weighted by Gasteiger charge is 2.20. The van der Waals surface area contributed by atoms with Crippen molar-refractivity contribution in [3.63, 3.8) is 0 Å². The predicted molar refractivity (Wildman–Crippen MR) is 68.5 cm³/mol. The molecule has 1 aromatic rings. The third kappa shape index (κ3) is 3.05. The molecule has 1 aliphatic heterocycles. The molecule has 2 rings (SSSR count). The van der Waals surface area contributed by atoms with Gasteiger partial charge in [0.1, 0.15) is 6.07 Å². The Morgan fingerprint density at radius 3 is 2.94 bits per heavy atom. The van der Waals surface area contributed by atoms with E-state index >= 15 is 0 Å². The first kappa shape index (κ1) is 12.1. The van der Waals surface area contributed by atoms with Crippen LogP contribution in [0.4, 0.5) is 5.69 Å². The Morgan fingerprint density at radius 2 is 2.35 bits per heavy atom. The number of hydrogen-bond donors (Lipinski definition) is 2. The molecule has 2 N–H and O–H groups in total. The summed E-state index contributed by atoms with van der Waals surface area (Å²) >= 11 is 3.29. The molecule has 1 amide bonds. The fourth-order valence-corrected chi connectivity index (χ4v) is 2.04. The highest BCUT2D eigenvalue weighted by atomic mass is 79.9. The van der Waals surface area contributed by atoms with Gasteiger partial charge in [-0.1, -0.05) is 15.9 Å². The number of carbonyl (C=O) groups excluding carboxylic acids is 1. The molecule has 4 nitrogen and oxygen atoms in total. The average Bonchev–Trinajstić information content (AvgIpc) is 2.26. The van der Waals surface area contributed by atoms with Crippen LogP contribution in [0, 0.1) is 17.2 Å². The minimum Gasteiger partial charge on any atom is -0.325 e. The normalized spacial score (nSPS) is 14.8. The number of rotatable bonds is 3. The largest absolute Gasteiger partial charge is 0.325 e. The smallest absolute Gasteiger partial charge is 0.224 e. The lowest BCUT2D eigenvalue weighted by Gasteiger charge is -2.26. The Bertz CT molecular complexity index is 477. The van der Waals surface area contributed by atoms with Crippen molar-refractivity contribution in [1.29, 1.82) is 5.26 Å². The van der Waals surface area contributed by atoms with Crippen molar-refractivity contribution in [2.24, 2.45) is 5.92 Å². The molecule has 0 aromatic heterocycles. The topological polar surface area (TPSA) is 64.9 Å². The lowest BCUT2D eigenvalue weighted by atomic mass is 9.99. The van der Waals surface area contributed by atoms with Crippen molar-refractivity contribution < 1.29 is 4.79 Å². The molecule has 5 heteroatoms. The molecule has 1 aromatic carbocycles. The number of benzene rings is 1. The van der Waals surface area contributed by atoms with Crippen LogP contribution in [-0.4, -0.2) is 19.0 Å². The molecule has 1 fully saturated rings. The van der Waals surface area contributed by atoms with Crippen LogP contribution in [0.15, 0.2) is 22.7 Å². The highest BCUT2D eigenvalue weighted by Crippen LogP contribution is 2.21. The Morgan fingerprint density at radius 1 is 1.59 bits per heavy atom. The van der Waals surface area contributed by atoms with Gasteiger partial charge in [0.2, 0.25) is 5.91 Å². The number of amides is 1. The minimum absolute atomic E-state index is 0.0321. The maximum atomic E-state index is 11.7. The molecule has 17 heavy (non-hydrogen) atoms. The summed E-state index contributed by atoms with van der Waals surface area (Å²) in [6.45, 7) is 1.80. The van der Waals surface area contributed by atoms with Crippen molar-refractivity contribution >= 4 is 27.5 Å². The van der Waals surface area contributed by atoms with Crippen LogP contribution >= 0.6 is 15.9 Å². The number of anilines is 1. The molecule has 0 unspecified atom stereocenters. The zero-order chi connectivity index (χ0) is 12.3. The quantitative estimate of drug-likeness (QED) is 0.894. The number of nitrogens with zero attached hydrogens (tertiary/aromatic N) is 1. The lowest BCUT2D eigenvalue weighted by molar-refractivity contribution is -0.117. The van der Waals surface area contributed by atoms with Crippen molar-refractivity contribution in [2.45, 2.75) is 6.42 Å². The van der Waals surface area contributed by atoms with Gasteiger partial charge in [0.25, 0.3) is 0 Å². The SMILES string of the molecule is N#Cc1cc(Br)ccc1NC(=O)CC1CNC1. The minimum atomic E-state index is -0.0321. The van der Waals surface area contributed by atoms with Gasteiger partial charge in [-0.15, -0.1) is 0 Å². The zero-order valence-corrected chi connectivity index (χ0v) is 10.8. The third-order valence-corrected chi connectivity index (χ3v) is 3.21. The molecule has 0 saturated carbocycles. The molecule has 1 aliphatic rings. The molecular weight excluding hydrogens is 282 g/mol. The van der Waals surface area contributed by atoms with Gasteiger partial charge in [-0.05, 0) is 37.2 Å².